The summed E-state index contributed by atoms with van der Waals surface area (Å²) in [6, 6.07) is 0. The average Bonchev–Trinajstić information content (AvgIpc) is 2.33. The Morgan fingerprint density at radius 3 is 1.59 bits per heavy atom. The minimum atomic E-state index is -0.591. The van der Waals surface area contributed by atoms with Gasteiger partial charge in [0.05, 0.1) is 13.2 Å². The fraction of sp³-hybridized carbons (Fsp3) is 1.00. The molecule has 3 heteroatoms. The van der Waals surface area contributed by atoms with E-state index in [1.807, 2.05) is 13.8 Å². The van der Waals surface area contributed by atoms with Crippen molar-refractivity contribution in [2.24, 2.45) is 0 Å². The molecule has 0 saturated heterocycles. The predicted octanol–water partition coefficient (Wildman–Crippen LogP) is 5.51. The second kappa shape index (κ2) is 14.4. The molecule has 0 atom stereocenters. The van der Waals surface area contributed by atoms with Crippen LogP contribution >= 0.6 is 8.38 Å². The van der Waals surface area contributed by atoms with E-state index < -0.39 is 8.38 Å². The normalized spacial score (nSPS) is 11.3. The molecule has 2 nitrogen and oxygen atoms in total. The van der Waals surface area contributed by atoms with Crippen molar-refractivity contribution in [2.45, 2.75) is 72.1 Å². The van der Waals surface area contributed by atoms with Crippen molar-refractivity contribution < 1.29 is 9.05 Å². The van der Waals surface area contributed by atoms with Crippen LogP contribution in [0.4, 0.5) is 0 Å². The van der Waals surface area contributed by atoms with E-state index in [9.17, 15) is 0 Å². The summed E-state index contributed by atoms with van der Waals surface area (Å²) in [7, 11) is -0.591. The maximum Gasteiger partial charge on any atom is 0.170 e. The van der Waals surface area contributed by atoms with E-state index in [-0.39, 0.29) is 0 Å². The molecular formula is C14H31O2P. The van der Waals surface area contributed by atoms with E-state index in [0.717, 1.165) is 19.4 Å². The van der Waals surface area contributed by atoms with Gasteiger partial charge in [0.2, 0.25) is 0 Å². The molecule has 0 heterocycles. The van der Waals surface area contributed by atoms with Gasteiger partial charge in [-0.2, -0.15) is 0 Å². The van der Waals surface area contributed by atoms with Crippen LogP contribution in [0.15, 0.2) is 0 Å². The Balaban J connectivity index is 3.23. The first-order valence-corrected chi connectivity index (χ1v) is 8.74. The van der Waals surface area contributed by atoms with Gasteiger partial charge in [-0.15, -0.1) is 0 Å². The highest BCUT2D eigenvalue weighted by Crippen LogP contribution is 2.38. The molecule has 0 N–H and O–H groups in total. The molecule has 0 aliphatic rings. The fourth-order valence-electron chi connectivity index (χ4n) is 1.83. The molecule has 0 aromatic rings. The van der Waals surface area contributed by atoms with Gasteiger partial charge in [-0.3, -0.25) is 0 Å². The smallest absolute Gasteiger partial charge is 0.170 e. The highest BCUT2D eigenvalue weighted by Gasteiger charge is 2.07. The van der Waals surface area contributed by atoms with Gasteiger partial charge in [-0.05, 0) is 20.3 Å². The summed E-state index contributed by atoms with van der Waals surface area (Å²) in [5.74, 6) is 0. The van der Waals surface area contributed by atoms with Gasteiger partial charge in [0.25, 0.3) is 0 Å². The van der Waals surface area contributed by atoms with Crippen molar-refractivity contribution in [3.8, 4) is 0 Å². The summed E-state index contributed by atoms with van der Waals surface area (Å²) in [5.41, 5.74) is 0. The van der Waals surface area contributed by atoms with Crippen LogP contribution in [-0.4, -0.2) is 19.4 Å². The first kappa shape index (κ1) is 17.4. The quantitative estimate of drug-likeness (QED) is 0.322. The molecule has 0 radical (unpaired) electrons. The third-order valence-corrected chi connectivity index (χ3v) is 4.51. The SMILES string of the molecule is CCCCCCCCCCP(OCC)OCC. The lowest BCUT2D eigenvalue weighted by Crippen LogP contribution is -1.95. The summed E-state index contributed by atoms with van der Waals surface area (Å²) in [4.78, 5) is 0. The molecule has 0 fully saturated rings. The zero-order valence-corrected chi connectivity index (χ0v) is 12.9. The Bertz CT molecular complexity index is 136. The Morgan fingerprint density at radius 1 is 0.647 bits per heavy atom. The van der Waals surface area contributed by atoms with Gasteiger partial charge in [-0.25, -0.2) is 0 Å². The highest BCUT2D eigenvalue weighted by atomic mass is 31.2. The average molecular weight is 262 g/mol. The molecule has 0 aromatic carbocycles. The van der Waals surface area contributed by atoms with E-state index in [1.54, 1.807) is 0 Å². The summed E-state index contributed by atoms with van der Waals surface area (Å²) >= 11 is 0. The largest absolute Gasteiger partial charge is 0.334 e. The molecule has 0 aromatic heterocycles. The van der Waals surface area contributed by atoms with Crippen molar-refractivity contribution in [1.29, 1.82) is 0 Å². The van der Waals surface area contributed by atoms with Gasteiger partial charge < -0.3 is 9.05 Å². The molecule has 0 rings (SSSR count). The molecule has 0 aliphatic heterocycles. The fourth-order valence-corrected chi connectivity index (χ4v) is 3.22. The van der Waals surface area contributed by atoms with E-state index in [4.69, 9.17) is 9.05 Å². The maximum atomic E-state index is 5.58. The van der Waals surface area contributed by atoms with E-state index in [2.05, 4.69) is 6.92 Å². The zero-order chi connectivity index (χ0) is 12.8. The Hall–Kier alpha value is 0.350. The molecule has 0 amide bonds. The molecular weight excluding hydrogens is 231 g/mol. The Labute approximate surface area is 109 Å². The van der Waals surface area contributed by atoms with E-state index in [1.165, 1.54) is 51.4 Å². The molecule has 17 heavy (non-hydrogen) atoms. The predicted molar refractivity (Wildman–Crippen MR) is 77.6 cm³/mol. The molecule has 104 valence electrons. The Kier molecular flexibility index (Phi) is 14.7. The lowest BCUT2D eigenvalue weighted by atomic mass is 10.1. The van der Waals surface area contributed by atoms with Crippen molar-refractivity contribution in [1.82, 2.24) is 0 Å². The summed E-state index contributed by atoms with van der Waals surface area (Å²) in [6.07, 6.45) is 12.1. The van der Waals surface area contributed by atoms with Crippen LogP contribution in [0.25, 0.3) is 0 Å². The van der Waals surface area contributed by atoms with E-state index in [0.29, 0.717) is 0 Å². The molecule has 0 unspecified atom stereocenters. The zero-order valence-electron chi connectivity index (χ0n) is 12.0. The van der Waals surface area contributed by atoms with Crippen LogP contribution in [0.2, 0.25) is 0 Å². The van der Waals surface area contributed by atoms with Gasteiger partial charge in [0.1, 0.15) is 0 Å². The van der Waals surface area contributed by atoms with Crippen LogP contribution in [-0.2, 0) is 9.05 Å². The second-order valence-corrected chi connectivity index (χ2v) is 6.00. The molecule has 0 aliphatic carbocycles. The van der Waals surface area contributed by atoms with Gasteiger partial charge in [0.15, 0.2) is 8.38 Å². The van der Waals surface area contributed by atoms with Crippen LogP contribution in [0.1, 0.15) is 72.1 Å². The number of hydrogen-bond donors (Lipinski definition) is 0. The second-order valence-electron chi connectivity index (χ2n) is 4.37. The number of hydrogen-bond acceptors (Lipinski definition) is 2. The summed E-state index contributed by atoms with van der Waals surface area (Å²) in [5, 5.41) is 0. The number of unbranched alkanes of at least 4 members (excludes halogenated alkanes) is 7. The lowest BCUT2D eigenvalue weighted by Gasteiger charge is -2.15. The minimum absolute atomic E-state index is 0.591. The van der Waals surface area contributed by atoms with Crippen molar-refractivity contribution in [3.63, 3.8) is 0 Å². The minimum Gasteiger partial charge on any atom is -0.334 e. The standard InChI is InChI=1S/C14H31O2P/c1-4-7-8-9-10-11-12-13-14-17(15-5-2)16-6-3/h4-14H2,1-3H3. The molecule has 0 saturated carbocycles. The van der Waals surface area contributed by atoms with Crippen LogP contribution in [0, 0.1) is 0 Å². The van der Waals surface area contributed by atoms with Gasteiger partial charge >= 0.3 is 0 Å². The summed E-state index contributed by atoms with van der Waals surface area (Å²) in [6.45, 7) is 7.92. The van der Waals surface area contributed by atoms with E-state index >= 15 is 0 Å². The van der Waals surface area contributed by atoms with Crippen molar-refractivity contribution in [3.05, 3.63) is 0 Å². The monoisotopic (exact) mass is 262 g/mol. The van der Waals surface area contributed by atoms with Crippen LogP contribution in [0.5, 0.6) is 0 Å². The third kappa shape index (κ3) is 12.6. The number of rotatable bonds is 13. The van der Waals surface area contributed by atoms with Gasteiger partial charge in [-0.1, -0.05) is 51.9 Å². The first-order valence-electron chi connectivity index (χ1n) is 7.38. The molecule has 0 spiro atoms. The third-order valence-electron chi connectivity index (χ3n) is 2.74. The van der Waals surface area contributed by atoms with Crippen LogP contribution < -0.4 is 0 Å². The van der Waals surface area contributed by atoms with Crippen LogP contribution in [0.3, 0.4) is 0 Å². The highest BCUT2D eigenvalue weighted by molar-refractivity contribution is 7.47. The first-order chi connectivity index (χ1) is 8.35. The van der Waals surface area contributed by atoms with Crippen molar-refractivity contribution in [2.75, 3.05) is 19.4 Å². The van der Waals surface area contributed by atoms with Gasteiger partial charge in [0, 0.05) is 6.16 Å². The summed E-state index contributed by atoms with van der Waals surface area (Å²) < 4.78 is 11.2. The molecule has 0 bridgehead atoms. The maximum absolute atomic E-state index is 5.58. The Morgan fingerprint density at radius 2 is 1.12 bits per heavy atom. The topological polar surface area (TPSA) is 18.5 Å². The lowest BCUT2D eigenvalue weighted by molar-refractivity contribution is 0.268. The van der Waals surface area contributed by atoms with Crippen molar-refractivity contribution >= 4 is 8.38 Å².